The minimum Gasteiger partial charge on any atom is -0.451 e. The van der Waals surface area contributed by atoms with E-state index in [0.717, 1.165) is 10.8 Å². The lowest BCUT2D eigenvalue weighted by Gasteiger charge is -2.15. The molecular weight excluding hydrogens is 356 g/mol. The average Bonchev–Trinajstić information content (AvgIpc) is 2.73. The molecule has 0 heterocycles. The van der Waals surface area contributed by atoms with E-state index in [1.54, 1.807) is 36.4 Å². The third-order valence-electron chi connectivity index (χ3n) is 4.15. The highest BCUT2D eigenvalue weighted by atomic mass is 16.5. The Labute approximate surface area is 162 Å². The molecule has 0 aromatic heterocycles. The van der Waals surface area contributed by atoms with E-state index in [2.05, 4.69) is 10.6 Å². The summed E-state index contributed by atoms with van der Waals surface area (Å²) in [5.74, 6) is -1.52. The molecule has 2 amide bonds. The van der Waals surface area contributed by atoms with E-state index < -0.39 is 18.0 Å². The van der Waals surface area contributed by atoms with Gasteiger partial charge < -0.3 is 15.4 Å². The van der Waals surface area contributed by atoms with E-state index in [-0.39, 0.29) is 12.5 Å². The molecule has 0 radical (unpaired) electrons. The first kappa shape index (κ1) is 19.1. The number of rotatable bonds is 6. The molecule has 1 atom stereocenters. The van der Waals surface area contributed by atoms with Crippen molar-refractivity contribution in [3.63, 3.8) is 0 Å². The maximum atomic E-state index is 12.4. The van der Waals surface area contributed by atoms with Crippen LogP contribution in [0.3, 0.4) is 0 Å². The van der Waals surface area contributed by atoms with Crippen molar-refractivity contribution in [2.24, 2.45) is 0 Å². The molecule has 0 aliphatic rings. The van der Waals surface area contributed by atoms with Gasteiger partial charge >= 0.3 is 5.97 Å². The fourth-order valence-electron chi connectivity index (χ4n) is 2.71. The van der Waals surface area contributed by atoms with Crippen LogP contribution in [0.4, 0.5) is 5.69 Å². The minimum absolute atomic E-state index is 0.320. The van der Waals surface area contributed by atoms with Crippen molar-refractivity contribution in [2.75, 3.05) is 11.9 Å². The monoisotopic (exact) mass is 376 g/mol. The van der Waals surface area contributed by atoms with Gasteiger partial charge in [-0.05, 0) is 30.5 Å². The third-order valence-corrected chi connectivity index (χ3v) is 4.15. The maximum absolute atomic E-state index is 12.4. The van der Waals surface area contributed by atoms with Crippen LogP contribution < -0.4 is 10.6 Å². The van der Waals surface area contributed by atoms with Crippen LogP contribution in [-0.4, -0.2) is 30.4 Å². The van der Waals surface area contributed by atoms with Gasteiger partial charge in [0.15, 0.2) is 6.10 Å². The number of carbonyl (C=O) groups is 3. The van der Waals surface area contributed by atoms with Crippen molar-refractivity contribution in [3.05, 3.63) is 78.4 Å². The van der Waals surface area contributed by atoms with Gasteiger partial charge in [0.1, 0.15) is 6.54 Å². The van der Waals surface area contributed by atoms with E-state index >= 15 is 0 Å². The molecule has 1 unspecified atom stereocenters. The van der Waals surface area contributed by atoms with Gasteiger partial charge in [-0.1, -0.05) is 54.6 Å². The Morgan fingerprint density at radius 2 is 1.57 bits per heavy atom. The predicted molar refractivity (Wildman–Crippen MR) is 107 cm³/mol. The van der Waals surface area contributed by atoms with E-state index in [1.165, 1.54) is 6.92 Å². The van der Waals surface area contributed by atoms with Gasteiger partial charge in [-0.2, -0.15) is 0 Å². The molecule has 0 aliphatic heterocycles. The molecule has 0 fully saturated rings. The topological polar surface area (TPSA) is 84.5 Å². The molecule has 3 rings (SSSR count). The number of hydrogen-bond acceptors (Lipinski definition) is 4. The number of amides is 2. The van der Waals surface area contributed by atoms with Crippen LogP contribution in [0, 0.1) is 0 Å². The fraction of sp³-hybridized carbons (Fsp3) is 0.136. The number of hydrogen-bond donors (Lipinski definition) is 2. The largest absolute Gasteiger partial charge is 0.451 e. The van der Waals surface area contributed by atoms with Gasteiger partial charge in [-0.15, -0.1) is 0 Å². The maximum Gasteiger partial charge on any atom is 0.326 e. The molecule has 2 N–H and O–H groups in total. The molecule has 0 bridgehead atoms. The fourth-order valence-corrected chi connectivity index (χ4v) is 2.71. The van der Waals surface area contributed by atoms with Gasteiger partial charge in [-0.3, -0.25) is 14.4 Å². The second kappa shape index (κ2) is 8.81. The molecule has 142 valence electrons. The summed E-state index contributed by atoms with van der Waals surface area (Å²) in [5, 5.41) is 7.14. The van der Waals surface area contributed by atoms with Crippen molar-refractivity contribution in [1.82, 2.24) is 5.32 Å². The Morgan fingerprint density at radius 1 is 0.893 bits per heavy atom. The second-order valence-electron chi connectivity index (χ2n) is 6.20. The lowest BCUT2D eigenvalue weighted by Crippen LogP contribution is -2.35. The normalized spacial score (nSPS) is 11.5. The van der Waals surface area contributed by atoms with Crippen molar-refractivity contribution >= 4 is 34.2 Å². The van der Waals surface area contributed by atoms with Gasteiger partial charge in [0.05, 0.1) is 0 Å². The Hall–Kier alpha value is -3.67. The number of carbonyl (C=O) groups excluding carboxylic acids is 3. The minimum atomic E-state index is -1.000. The summed E-state index contributed by atoms with van der Waals surface area (Å²) in [5.41, 5.74) is 1.08. The Bertz CT molecular complexity index is 996. The second-order valence-corrected chi connectivity index (χ2v) is 6.20. The van der Waals surface area contributed by atoms with Crippen molar-refractivity contribution in [2.45, 2.75) is 13.0 Å². The highest BCUT2D eigenvalue weighted by Crippen LogP contribution is 2.23. The smallest absolute Gasteiger partial charge is 0.326 e. The van der Waals surface area contributed by atoms with Crippen LogP contribution in [0.15, 0.2) is 72.8 Å². The number of benzene rings is 3. The van der Waals surface area contributed by atoms with Crippen LogP contribution in [-0.2, 0) is 14.3 Å². The summed E-state index contributed by atoms with van der Waals surface area (Å²) in [6.07, 6.45) is -1.000. The highest BCUT2D eigenvalue weighted by molar-refractivity contribution is 6.04. The quantitative estimate of drug-likeness (QED) is 0.648. The molecular formula is C22H20N2O4. The lowest BCUT2D eigenvalue weighted by atomic mass is 10.1. The summed E-state index contributed by atoms with van der Waals surface area (Å²) in [4.78, 5) is 36.3. The zero-order chi connectivity index (χ0) is 19.9. The number of anilines is 1. The molecule has 0 spiro atoms. The molecule has 0 saturated carbocycles. The Morgan fingerprint density at radius 3 is 2.36 bits per heavy atom. The highest BCUT2D eigenvalue weighted by Gasteiger charge is 2.19. The van der Waals surface area contributed by atoms with Gasteiger partial charge in [0.2, 0.25) is 0 Å². The molecule has 0 saturated heterocycles. The van der Waals surface area contributed by atoms with Crippen LogP contribution in [0.25, 0.3) is 10.8 Å². The summed E-state index contributed by atoms with van der Waals surface area (Å²) in [6.45, 7) is 1.16. The summed E-state index contributed by atoms with van der Waals surface area (Å²) in [6, 6.07) is 21.8. The summed E-state index contributed by atoms with van der Waals surface area (Å²) < 4.78 is 5.12. The van der Waals surface area contributed by atoms with Crippen molar-refractivity contribution < 1.29 is 19.1 Å². The lowest BCUT2D eigenvalue weighted by molar-refractivity contribution is -0.152. The summed E-state index contributed by atoms with van der Waals surface area (Å²) in [7, 11) is 0. The molecule has 3 aromatic carbocycles. The van der Waals surface area contributed by atoms with Crippen LogP contribution in [0.5, 0.6) is 0 Å². The first-order valence-corrected chi connectivity index (χ1v) is 8.86. The first-order chi connectivity index (χ1) is 13.5. The molecule has 6 heteroatoms. The van der Waals surface area contributed by atoms with E-state index in [4.69, 9.17) is 4.74 Å². The van der Waals surface area contributed by atoms with E-state index in [1.807, 2.05) is 36.4 Å². The number of fused-ring (bicyclic) bond motifs is 1. The molecule has 28 heavy (non-hydrogen) atoms. The Kier molecular flexibility index (Phi) is 6.01. The predicted octanol–water partition coefficient (Wildman–Crippen LogP) is 3.14. The van der Waals surface area contributed by atoms with E-state index in [9.17, 15) is 14.4 Å². The zero-order valence-electron chi connectivity index (χ0n) is 15.3. The van der Waals surface area contributed by atoms with Crippen LogP contribution in [0.2, 0.25) is 0 Å². The van der Waals surface area contributed by atoms with Gasteiger partial charge in [0.25, 0.3) is 11.8 Å². The van der Waals surface area contributed by atoms with Crippen LogP contribution in [0.1, 0.15) is 17.3 Å². The molecule has 6 nitrogen and oxygen atoms in total. The number of ether oxygens (including phenoxy) is 1. The first-order valence-electron chi connectivity index (χ1n) is 8.86. The van der Waals surface area contributed by atoms with Crippen molar-refractivity contribution in [1.29, 1.82) is 0 Å². The molecule has 0 aliphatic carbocycles. The standard InChI is InChI=1S/C22H20N2O4/c1-15(28-20(25)14-23-22(27)17-9-3-2-4-10-17)21(26)24-19-13-7-11-16-8-5-6-12-18(16)19/h2-13,15H,14H2,1H3,(H,23,27)(H,24,26). The average molecular weight is 376 g/mol. The molecule has 3 aromatic rings. The van der Waals surface area contributed by atoms with Crippen molar-refractivity contribution in [3.8, 4) is 0 Å². The zero-order valence-corrected chi connectivity index (χ0v) is 15.3. The SMILES string of the molecule is CC(OC(=O)CNC(=O)c1ccccc1)C(=O)Nc1cccc2ccccc12. The Balaban J connectivity index is 1.53. The number of esters is 1. The van der Waals surface area contributed by atoms with E-state index in [0.29, 0.717) is 11.3 Å². The van der Waals surface area contributed by atoms with Crippen LogP contribution >= 0.6 is 0 Å². The summed E-state index contributed by atoms with van der Waals surface area (Å²) >= 11 is 0. The number of nitrogens with one attached hydrogen (secondary N) is 2. The van der Waals surface area contributed by atoms with Gasteiger partial charge in [-0.25, -0.2) is 0 Å². The third kappa shape index (κ3) is 4.73. The van der Waals surface area contributed by atoms with Gasteiger partial charge in [0, 0.05) is 16.6 Å².